The number of benzene rings is 2. The number of aryl methyl sites for hydroxylation is 1. The summed E-state index contributed by atoms with van der Waals surface area (Å²) in [4.78, 5) is 28.8. The Labute approximate surface area is 190 Å². The largest absolute Gasteiger partial charge is 0.329 e. The Hall–Kier alpha value is -3.15. The fourth-order valence-electron chi connectivity index (χ4n) is 2.69. The van der Waals surface area contributed by atoms with Crippen LogP contribution in [0.3, 0.4) is 0 Å². The smallest absolute Gasteiger partial charge is 0.242 e. The maximum absolute atomic E-state index is 12.6. The summed E-state index contributed by atoms with van der Waals surface area (Å²) in [5.74, 6) is -0.750. The Kier molecular flexibility index (Phi) is 7.33. The third-order valence-corrected chi connectivity index (χ3v) is 6.96. The molecule has 9 nitrogen and oxygen atoms in total. The Morgan fingerprint density at radius 2 is 1.59 bits per heavy atom. The van der Waals surface area contributed by atoms with Crippen molar-refractivity contribution in [1.29, 1.82) is 0 Å². The molecule has 3 N–H and O–H groups in total. The van der Waals surface area contributed by atoms with E-state index in [0.29, 0.717) is 11.4 Å². The molecule has 1 aromatic heterocycles. The van der Waals surface area contributed by atoms with Gasteiger partial charge in [-0.15, -0.1) is 0 Å². The van der Waals surface area contributed by atoms with Gasteiger partial charge in [-0.25, -0.2) is 13.4 Å². The van der Waals surface area contributed by atoms with E-state index in [-0.39, 0.29) is 10.8 Å². The first-order chi connectivity index (χ1) is 15.1. The van der Waals surface area contributed by atoms with Gasteiger partial charge in [-0.05, 0) is 55.5 Å². The van der Waals surface area contributed by atoms with E-state index in [0.717, 1.165) is 10.1 Å². The van der Waals surface area contributed by atoms with Crippen LogP contribution >= 0.6 is 11.8 Å². The lowest BCUT2D eigenvalue weighted by Crippen LogP contribution is -2.41. The molecule has 1 heterocycles. The SMILES string of the molecule is CC(=O)Nc1ccc(S(=O)(=O)N[C@@H](C)C(=O)Nc2ccc(Sc3nccn3C)cc2)cc1. The quantitative estimate of drug-likeness (QED) is 0.462. The van der Waals surface area contributed by atoms with Gasteiger partial charge in [0.25, 0.3) is 0 Å². The van der Waals surface area contributed by atoms with Crippen LogP contribution in [-0.4, -0.2) is 35.8 Å². The molecule has 32 heavy (non-hydrogen) atoms. The lowest BCUT2D eigenvalue weighted by Gasteiger charge is -2.15. The van der Waals surface area contributed by atoms with Crippen molar-refractivity contribution in [3.63, 3.8) is 0 Å². The summed E-state index contributed by atoms with van der Waals surface area (Å²) in [6, 6.07) is 11.8. The molecular formula is C21H23N5O4S2. The molecule has 0 bridgehead atoms. The van der Waals surface area contributed by atoms with Crippen molar-refractivity contribution in [3.8, 4) is 0 Å². The van der Waals surface area contributed by atoms with E-state index in [1.807, 2.05) is 29.9 Å². The summed E-state index contributed by atoms with van der Waals surface area (Å²) in [5, 5.41) is 6.11. The lowest BCUT2D eigenvalue weighted by atomic mass is 10.3. The number of anilines is 2. The van der Waals surface area contributed by atoms with Crippen molar-refractivity contribution in [2.45, 2.75) is 34.8 Å². The number of carbonyl (C=O) groups excluding carboxylic acids is 2. The minimum Gasteiger partial charge on any atom is -0.329 e. The van der Waals surface area contributed by atoms with E-state index in [4.69, 9.17) is 0 Å². The predicted molar refractivity (Wildman–Crippen MR) is 123 cm³/mol. The molecule has 2 amide bonds. The van der Waals surface area contributed by atoms with Crippen LogP contribution in [0.5, 0.6) is 0 Å². The topological polar surface area (TPSA) is 122 Å². The van der Waals surface area contributed by atoms with Gasteiger partial charge in [0.2, 0.25) is 21.8 Å². The third-order valence-electron chi connectivity index (χ3n) is 4.32. The van der Waals surface area contributed by atoms with E-state index >= 15 is 0 Å². The van der Waals surface area contributed by atoms with Crippen LogP contribution in [0.25, 0.3) is 0 Å². The molecule has 11 heteroatoms. The van der Waals surface area contributed by atoms with Crippen LogP contribution in [0.15, 0.2) is 75.9 Å². The van der Waals surface area contributed by atoms with Gasteiger partial charge in [-0.3, -0.25) is 9.59 Å². The number of sulfonamides is 1. The summed E-state index contributed by atoms with van der Waals surface area (Å²) in [6.45, 7) is 2.82. The van der Waals surface area contributed by atoms with Crippen LogP contribution in [0.2, 0.25) is 0 Å². The first-order valence-corrected chi connectivity index (χ1v) is 11.9. The standard InChI is InChI=1S/C21H23N5O4S2/c1-14(25-32(29,30)19-10-6-16(7-11-19)23-15(2)27)20(28)24-17-4-8-18(9-5-17)31-21-22-12-13-26(21)3/h4-14,25H,1-3H3,(H,23,27)(H,24,28)/t14-/m0/s1. The second-order valence-electron chi connectivity index (χ2n) is 6.98. The molecule has 0 aliphatic carbocycles. The van der Waals surface area contributed by atoms with Crippen molar-refractivity contribution >= 4 is 45.0 Å². The minimum absolute atomic E-state index is 0.0121. The van der Waals surface area contributed by atoms with E-state index in [1.165, 1.54) is 49.9 Å². The Bertz CT molecular complexity index is 1210. The van der Waals surface area contributed by atoms with Gasteiger partial charge < -0.3 is 15.2 Å². The predicted octanol–water partition coefficient (Wildman–Crippen LogP) is 2.84. The highest BCUT2D eigenvalue weighted by Crippen LogP contribution is 2.26. The number of amides is 2. The second-order valence-corrected chi connectivity index (χ2v) is 9.74. The fraction of sp³-hybridized carbons (Fsp3) is 0.190. The molecule has 0 spiro atoms. The number of rotatable bonds is 8. The summed E-state index contributed by atoms with van der Waals surface area (Å²) < 4.78 is 29.4. The molecular weight excluding hydrogens is 450 g/mol. The van der Waals surface area contributed by atoms with E-state index in [1.54, 1.807) is 18.3 Å². The number of nitrogens with zero attached hydrogens (tertiary/aromatic N) is 2. The van der Waals surface area contributed by atoms with Gasteiger partial charge in [-0.2, -0.15) is 4.72 Å². The van der Waals surface area contributed by atoms with Gasteiger partial charge >= 0.3 is 0 Å². The molecule has 0 radical (unpaired) electrons. The van der Waals surface area contributed by atoms with Gasteiger partial charge in [0.1, 0.15) is 0 Å². The molecule has 0 fully saturated rings. The van der Waals surface area contributed by atoms with Gasteiger partial charge in [0.05, 0.1) is 10.9 Å². The molecule has 3 aromatic rings. The van der Waals surface area contributed by atoms with Crippen molar-refractivity contribution in [3.05, 3.63) is 60.9 Å². The van der Waals surface area contributed by atoms with Crippen LogP contribution in [0, 0.1) is 0 Å². The van der Waals surface area contributed by atoms with Gasteiger partial charge in [0.15, 0.2) is 5.16 Å². The van der Waals surface area contributed by atoms with Crippen molar-refractivity contribution in [2.24, 2.45) is 7.05 Å². The molecule has 168 valence electrons. The first-order valence-electron chi connectivity index (χ1n) is 9.60. The number of nitrogens with one attached hydrogen (secondary N) is 3. The Morgan fingerprint density at radius 3 is 2.16 bits per heavy atom. The summed E-state index contributed by atoms with van der Waals surface area (Å²) >= 11 is 1.49. The highest BCUT2D eigenvalue weighted by atomic mass is 32.2. The number of aromatic nitrogens is 2. The van der Waals surface area contributed by atoms with Crippen molar-refractivity contribution < 1.29 is 18.0 Å². The number of hydrogen-bond acceptors (Lipinski definition) is 6. The number of imidazole rings is 1. The van der Waals surface area contributed by atoms with Crippen LogP contribution in [0.1, 0.15) is 13.8 Å². The Balaban J connectivity index is 1.59. The zero-order valence-electron chi connectivity index (χ0n) is 17.7. The van der Waals surface area contributed by atoms with E-state index in [9.17, 15) is 18.0 Å². The molecule has 3 rings (SSSR count). The maximum atomic E-state index is 12.6. The molecule has 0 aliphatic rings. The van der Waals surface area contributed by atoms with Gasteiger partial charge in [0, 0.05) is 42.6 Å². The molecule has 0 saturated carbocycles. The fourth-order valence-corrected chi connectivity index (χ4v) is 4.69. The molecule has 2 aromatic carbocycles. The van der Waals surface area contributed by atoms with Gasteiger partial charge in [-0.1, -0.05) is 11.8 Å². The average Bonchev–Trinajstić information content (AvgIpc) is 3.13. The minimum atomic E-state index is -3.92. The maximum Gasteiger partial charge on any atom is 0.242 e. The molecule has 0 unspecified atom stereocenters. The van der Waals surface area contributed by atoms with Crippen LogP contribution < -0.4 is 15.4 Å². The second kappa shape index (κ2) is 9.98. The summed E-state index contributed by atoms with van der Waals surface area (Å²) in [6.07, 6.45) is 3.58. The van der Waals surface area contributed by atoms with Crippen LogP contribution in [0.4, 0.5) is 11.4 Å². The molecule has 0 aliphatic heterocycles. The molecule has 0 saturated heterocycles. The summed E-state index contributed by atoms with van der Waals surface area (Å²) in [5.41, 5.74) is 1.02. The number of carbonyl (C=O) groups is 2. The molecule has 1 atom stereocenters. The zero-order valence-corrected chi connectivity index (χ0v) is 19.3. The average molecular weight is 474 g/mol. The highest BCUT2D eigenvalue weighted by molar-refractivity contribution is 7.99. The number of hydrogen-bond donors (Lipinski definition) is 3. The third kappa shape index (κ3) is 6.19. The van der Waals surface area contributed by atoms with Crippen LogP contribution in [-0.2, 0) is 26.7 Å². The normalized spacial score (nSPS) is 12.2. The first kappa shape index (κ1) is 23.5. The summed E-state index contributed by atoms with van der Waals surface area (Å²) in [7, 11) is -2.01. The highest BCUT2D eigenvalue weighted by Gasteiger charge is 2.22. The van der Waals surface area contributed by atoms with E-state index < -0.39 is 22.0 Å². The van der Waals surface area contributed by atoms with Crippen molar-refractivity contribution in [2.75, 3.05) is 10.6 Å². The zero-order chi connectivity index (χ0) is 23.3. The lowest BCUT2D eigenvalue weighted by molar-refractivity contribution is -0.117. The Morgan fingerprint density at radius 1 is 1.00 bits per heavy atom. The monoisotopic (exact) mass is 473 g/mol. The van der Waals surface area contributed by atoms with E-state index in [2.05, 4.69) is 20.3 Å². The van der Waals surface area contributed by atoms with Crippen molar-refractivity contribution in [1.82, 2.24) is 14.3 Å².